The molecule has 1 amide bonds. The van der Waals surface area contributed by atoms with Crippen molar-refractivity contribution < 1.29 is 14.3 Å². The summed E-state index contributed by atoms with van der Waals surface area (Å²) in [5.74, 6) is -0.675. The Labute approximate surface area is 127 Å². The SMILES string of the molecule is COC(=O)c1ccc(C)c(NC(=O)C=Cc2ccsc2)c1. The van der Waals surface area contributed by atoms with Gasteiger partial charge in [-0.3, -0.25) is 4.79 Å². The molecule has 0 aliphatic rings. The number of anilines is 1. The van der Waals surface area contributed by atoms with Crippen molar-refractivity contribution >= 4 is 35.0 Å². The van der Waals surface area contributed by atoms with Crippen LogP contribution in [0.3, 0.4) is 0 Å². The zero-order valence-electron chi connectivity index (χ0n) is 11.8. The molecule has 0 aliphatic carbocycles. The van der Waals surface area contributed by atoms with E-state index >= 15 is 0 Å². The number of rotatable bonds is 4. The van der Waals surface area contributed by atoms with E-state index < -0.39 is 5.97 Å². The zero-order valence-corrected chi connectivity index (χ0v) is 12.6. The fourth-order valence-corrected chi connectivity index (χ4v) is 2.35. The number of esters is 1. The molecule has 1 heterocycles. The van der Waals surface area contributed by atoms with Crippen molar-refractivity contribution in [1.82, 2.24) is 0 Å². The largest absolute Gasteiger partial charge is 0.465 e. The lowest BCUT2D eigenvalue weighted by atomic mass is 10.1. The summed E-state index contributed by atoms with van der Waals surface area (Å²) in [7, 11) is 1.32. The van der Waals surface area contributed by atoms with E-state index in [2.05, 4.69) is 10.1 Å². The third-order valence-electron chi connectivity index (χ3n) is 2.89. The number of nitrogens with one attached hydrogen (secondary N) is 1. The van der Waals surface area contributed by atoms with Gasteiger partial charge >= 0.3 is 5.97 Å². The number of benzene rings is 1. The molecule has 0 aliphatic heterocycles. The molecule has 0 saturated carbocycles. The van der Waals surface area contributed by atoms with Gasteiger partial charge in [0.1, 0.15) is 0 Å². The number of amides is 1. The highest BCUT2D eigenvalue weighted by atomic mass is 32.1. The summed E-state index contributed by atoms with van der Waals surface area (Å²) < 4.78 is 4.67. The van der Waals surface area contributed by atoms with Gasteiger partial charge in [-0.2, -0.15) is 11.3 Å². The van der Waals surface area contributed by atoms with Crippen LogP contribution in [0.5, 0.6) is 0 Å². The molecular weight excluding hydrogens is 286 g/mol. The smallest absolute Gasteiger partial charge is 0.337 e. The number of aryl methyl sites for hydroxylation is 1. The topological polar surface area (TPSA) is 55.4 Å². The number of carbonyl (C=O) groups is 2. The quantitative estimate of drug-likeness (QED) is 0.694. The van der Waals surface area contributed by atoms with Crippen LogP contribution in [0.15, 0.2) is 41.1 Å². The molecule has 4 nitrogen and oxygen atoms in total. The Morgan fingerprint density at radius 1 is 1.29 bits per heavy atom. The Hall–Kier alpha value is -2.40. The Morgan fingerprint density at radius 3 is 2.76 bits per heavy atom. The Balaban J connectivity index is 2.11. The van der Waals surface area contributed by atoms with Crippen LogP contribution in [-0.4, -0.2) is 19.0 Å². The van der Waals surface area contributed by atoms with E-state index in [0.717, 1.165) is 11.1 Å². The third-order valence-corrected chi connectivity index (χ3v) is 3.59. The molecule has 108 valence electrons. The average molecular weight is 301 g/mol. The molecule has 0 atom stereocenters. The monoisotopic (exact) mass is 301 g/mol. The highest BCUT2D eigenvalue weighted by molar-refractivity contribution is 7.08. The summed E-state index contributed by atoms with van der Waals surface area (Å²) in [4.78, 5) is 23.4. The third kappa shape index (κ3) is 4.03. The van der Waals surface area contributed by atoms with Gasteiger partial charge in [-0.25, -0.2) is 4.79 Å². The molecule has 2 aromatic rings. The van der Waals surface area contributed by atoms with Crippen molar-refractivity contribution in [3.05, 3.63) is 57.8 Å². The first-order valence-corrected chi connectivity index (χ1v) is 7.24. The second kappa shape index (κ2) is 6.85. The van der Waals surface area contributed by atoms with E-state index in [9.17, 15) is 9.59 Å². The Kier molecular flexibility index (Phi) is 4.90. The lowest BCUT2D eigenvalue weighted by Crippen LogP contribution is -2.10. The molecule has 0 radical (unpaired) electrons. The van der Waals surface area contributed by atoms with Crippen molar-refractivity contribution in [3.8, 4) is 0 Å². The Morgan fingerprint density at radius 2 is 2.10 bits per heavy atom. The van der Waals surface area contributed by atoms with E-state index in [1.807, 2.05) is 23.8 Å². The van der Waals surface area contributed by atoms with E-state index in [4.69, 9.17) is 0 Å². The van der Waals surface area contributed by atoms with Gasteiger partial charge in [-0.05, 0) is 53.1 Å². The van der Waals surface area contributed by atoms with Crippen molar-refractivity contribution in [2.24, 2.45) is 0 Å². The standard InChI is InChI=1S/C16H15NO3S/c1-11-3-5-13(16(19)20-2)9-14(11)17-15(18)6-4-12-7-8-21-10-12/h3-10H,1-2H3,(H,17,18). The van der Waals surface area contributed by atoms with Gasteiger partial charge in [0.25, 0.3) is 0 Å². The second-order valence-corrected chi connectivity index (χ2v) is 5.18. The van der Waals surface area contributed by atoms with Gasteiger partial charge in [0, 0.05) is 11.8 Å². The van der Waals surface area contributed by atoms with Crippen molar-refractivity contribution in [3.63, 3.8) is 0 Å². The molecule has 1 aromatic carbocycles. The van der Waals surface area contributed by atoms with E-state index in [1.54, 1.807) is 35.6 Å². The van der Waals surface area contributed by atoms with Gasteiger partial charge in [0.2, 0.25) is 5.91 Å². The normalized spacial score (nSPS) is 10.6. The lowest BCUT2D eigenvalue weighted by Gasteiger charge is -2.08. The first-order valence-electron chi connectivity index (χ1n) is 6.30. The van der Waals surface area contributed by atoms with Crippen LogP contribution in [-0.2, 0) is 9.53 Å². The van der Waals surface area contributed by atoms with Crippen molar-refractivity contribution in [2.75, 3.05) is 12.4 Å². The van der Waals surface area contributed by atoms with Gasteiger partial charge < -0.3 is 10.1 Å². The maximum absolute atomic E-state index is 11.9. The molecule has 5 heteroatoms. The predicted molar refractivity (Wildman–Crippen MR) is 84.5 cm³/mol. The summed E-state index contributed by atoms with van der Waals surface area (Å²) >= 11 is 1.57. The number of thiophene rings is 1. The fraction of sp³-hybridized carbons (Fsp3) is 0.125. The van der Waals surface area contributed by atoms with Gasteiger partial charge in [0.05, 0.1) is 12.7 Å². The van der Waals surface area contributed by atoms with Gasteiger partial charge in [-0.15, -0.1) is 0 Å². The van der Waals surface area contributed by atoms with Crippen LogP contribution in [0.2, 0.25) is 0 Å². The second-order valence-electron chi connectivity index (χ2n) is 4.40. The first kappa shape index (κ1) is 15.0. The molecule has 21 heavy (non-hydrogen) atoms. The summed E-state index contributed by atoms with van der Waals surface area (Å²) in [5.41, 5.74) is 2.85. The fourth-order valence-electron chi connectivity index (χ4n) is 1.72. The molecule has 1 N–H and O–H groups in total. The Bertz CT molecular complexity index is 675. The van der Waals surface area contributed by atoms with Crippen LogP contribution in [0, 0.1) is 6.92 Å². The number of ether oxygens (including phenoxy) is 1. The average Bonchev–Trinajstić information content (AvgIpc) is 3.00. The van der Waals surface area contributed by atoms with Gasteiger partial charge in [0.15, 0.2) is 0 Å². The lowest BCUT2D eigenvalue weighted by molar-refractivity contribution is -0.111. The molecule has 0 fully saturated rings. The van der Waals surface area contributed by atoms with Crippen LogP contribution >= 0.6 is 11.3 Å². The van der Waals surface area contributed by atoms with E-state index in [-0.39, 0.29) is 5.91 Å². The van der Waals surface area contributed by atoms with Crippen molar-refractivity contribution in [2.45, 2.75) is 6.92 Å². The minimum atomic E-state index is -0.431. The first-order chi connectivity index (χ1) is 10.1. The molecule has 0 spiro atoms. The minimum absolute atomic E-state index is 0.244. The summed E-state index contributed by atoms with van der Waals surface area (Å²) in [6.45, 7) is 1.86. The van der Waals surface area contributed by atoms with Crippen LogP contribution in [0.1, 0.15) is 21.5 Å². The molecular formula is C16H15NO3S. The number of hydrogen-bond acceptors (Lipinski definition) is 4. The van der Waals surface area contributed by atoms with Crippen molar-refractivity contribution in [1.29, 1.82) is 0 Å². The van der Waals surface area contributed by atoms with Crippen LogP contribution < -0.4 is 5.32 Å². The molecule has 2 rings (SSSR count). The molecule has 0 saturated heterocycles. The summed E-state index contributed by atoms with van der Waals surface area (Å²) in [6.07, 6.45) is 3.21. The number of hydrogen-bond donors (Lipinski definition) is 1. The summed E-state index contributed by atoms with van der Waals surface area (Å²) in [5, 5.41) is 6.66. The van der Waals surface area contributed by atoms with Crippen LogP contribution in [0.25, 0.3) is 6.08 Å². The maximum Gasteiger partial charge on any atom is 0.337 e. The summed E-state index contributed by atoms with van der Waals surface area (Å²) in [6, 6.07) is 6.97. The van der Waals surface area contributed by atoms with Gasteiger partial charge in [-0.1, -0.05) is 6.07 Å². The molecule has 1 aromatic heterocycles. The van der Waals surface area contributed by atoms with E-state index in [0.29, 0.717) is 11.3 Å². The highest BCUT2D eigenvalue weighted by Gasteiger charge is 2.09. The minimum Gasteiger partial charge on any atom is -0.465 e. The predicted octanol–water partition coefficient (Wildman–Crippen LogP) is 3.50. The highest BCUT2D eigenvalue weighted by Crippen LogP contribution is 2.18. The van der Waals surface area contributed by atoms with Crippen LogP contribution in [0.4, 0.5) is 5.69 Å². The van der Waals surface area contributed by atoms with E-state index in [1.165, 1.54) is 13.2 Å². The maximum atomic E-state index is 11.9. The number of carbonyl (C=O) groups excluding carboxylic acids is 2. The molecule has 0 unspecified atom stereocenters. The number of methoxy groups -OCH3 is 1. The zero-order chi connectivity index (χ0) is 15.2. The molecule has 0 bridgehead atoms.